The number of thioether (sulfide) groups is 1. The first kappa shape index (κ1) is 10.5. The minimum absolute atomic E-state index is 0.638. The Morgan fingerprint density at radius 1 is 1.50 bits per heavy atom. The summed E-state index contributed by atoms with van der Waals surface area (Å²) >= 11 is 2.04. The molecule has 1 aliphatic heterocycles. The Morgan fingerprint density at radius 3 is 2.75 bits per heavy atom. The summed E-state index contributed by atoms with van der Waals surface area (Å²) in [4.78, 5) is 0. The normalized spacial score (nSPS) is 22.4. The zero-order valence-electron chi connectivity index (χ0n) is 7.54. The van der Waals surface area contributed by atoms with E-state index in [4.69, 9.17) is 0 Å². The fourth-order valence-electron chi connectivity index (χ4n) is 1.31. The largest absolute Gasteiger partial charge is 0.313 e. The Kier molecular flexibility index (Phi) is 5.27. The van der Waals surface area contributed by atoms with E-state index in [2.05, 4.69) is 5.32 Å². The van der Waals surface area contributed by atoms with Gasteiger partial charge in [0.15, 0.2) is 0 Å². The Bertz CT molecular complexity index is 146. The third-order valence-electron chi connectivity index (χ3n) is 2.04. The molecule has 0 aromatic rings. The van der Waals surface area contributed by atoms with Crippen LogP contribution in [0.15, 0.2) is 0 Å². The first-order valence-corrected chi connectivity index (χ1v) is 7.28. The molecule has 1 rings (SSSR count). The summed E-state index contributed by atoms with van der Waals surface area (Å²) in [5.41, 5.74) is 0. The van der Waals surface area contributed by atoms with Gasteiger partial charge in [-0.3, -0.25) is 4.21 Å². The molecule has 0 radical (unpaired) electrons. The first-order valence-electron chi connectivity index (χ1n) is 4.40. The quantitative estimate of drug-likeness (QED) is 0.741. The smallest absolute Gasteiger partial charge is 0.0357 e. The maximum absolute atomic E-state index is 10.8. The molecule has 0 aromatic heterocycles. The second-order valence-corrected chi connectivity index (χ2v) is 5.90. The number of rotatable bonds is 4. The lowest BCUT2D eigenvalue weighted by molar-refractivity contribution is 0.498. The summed E-state index contributed by atoms with van der Waals surface area (Å²) < 4.78 is 10.8. The lowest BCUT2D eigenvalue weighted by Gasteiger charge is -2.22. The Labute approximate surface area is 81.3 Å². The predicted molar refractivity (Wildman–Crippen MR) is 57.3 cm³/mol. The van der Waals surface area contributed by atoms with Gasteiger partial charge in [0, 0.05) is 35.4 Å². The highest BCUT2D eigenvalue weighted by Gasteiger charge is 2.11. The van der Waals surface area contributed by atoms with Gasteiger partial charge in [-0.2, -0.15) is 11.8 Å². The Morgan fingerprint density at radius 2 is 2.17 bits per heavy atom. The highest BCUT2D eigenvalue weighted by atomic mass is 32.2. The third-order valence-corrected chi connectivity index (χ3v) is 3.87. The maximum Gasteiger partial charge on any atom is 0.0357 e. The molecule has 1 heterocycles. The van der Waals surface area contributed by atoms with E-state index in [-0.39, 0.29) is 0 Å². The fourth-order valence-corrected chi connectivity index (χ4v) is 2.82. The summed E-state index contributed by atoms with van der Waals surface area (Å²) in [6.45, 7) is 0.915. The monoisotopic (exact) mass is 207 g/mol. The van der Waals surface area contributed by atoms with Gasteiger partial charge in [-0.1, -0.05) is 0 Å². The summed E-state index contributed by atoms with van der Waals surface area (Å²) in [6.07, 6.45) is 4.32. The van der Waals surface area contributed by atoms with E-state index >= 15 is 0 Å². The van der Waals surface area contributed by atoms with Crippen molar-refractivity contribution in [1.82, 2.24) is 5.32 Å². The fraction of sp³-hybridized carbons (Fsp3) is 1.00. The van der Waals surface area contributed by atoms with Gasteiger partial charge in [0.1, 0.15) is 0 Å². The van der Waals surface area contributed by atoms with Crippen molar-refractivity contribution in [2.75, 3.05) is 30.1 Å². The summed E-state index contributed by atoms with van der Waals surface area (Å²) in [5, 5.41) is 3.45. The van der Waals surface area contributed by atoms with Gasteiger partial charge >= 0.3 is 0 Å². The van der Waals surface area contributed by atoms with Crippen molar-refractivity contribution in [2.45, 2.75) is 18.9 Å². The first-order chi connectivity index (χ1) is 5.79. The zero-order valence-corrected chi connectivity index (χ0v) is 9.18. The molecule has 0 aromatic carbocycles. The summed E-state index contributed by atoms with van der Waals surface area (Å²) in [5.74, 6) is 3.36. The minimum atomic E-state index is -0.638. The molecular formula is C8H17NOS2. The Balaban J connectivity index is 2.01. The van der Waals surface area contributed by atoms with Crippen molar-refractivity contribution >= 4 is 22.6 Å². The number of hydrogen-bond acceptors (Lipinski definition) is 3. The lowest BCUT2D eigenvalue weighted by atomic mass is 10.1. The van der Waals surface area contributed by atoms with Crippen LogP contribution >= 0.6 is 11.8 Å². The SMILES string of the molecule is CS(=O)CCNC1CCSCC1. The molecular weight excluding hydrogens is 190 g/mol. The highest BCUT2D eigenvalue weighted by molar-refractivity contribution is 7.99. The summed E-state index contributed by atoms with van der Waals surface area (Å²) in [6, 6.07) is 0.690. The number of nitrogens with one attached hydrogen (secondary N) is 1. The molecule has 1 N–H and O–H groups in total. The topological polar surface area (TPSA) is 29.1 Å². The van der Waals surface area contributed by atoms with Crippen LogP contribution in [0, 0.1) is 0 Å². The van der Waals surface area contributed by atoms with Gasteiger partial charge in [0.2, 0.25) is 0 Å². The number of hydrogen-bond donors (Lipinski definition) is 1. The molecule has 0 saturated carbocycles. The van der Waals surface area contributed by atoms with Crippen LogP contribution in [0.3, 0.4) is 0 Å². The van der Waals surface area contributed by atoms with Crippen molar-refractivity contribution in [1.29, 1.82) is 0 Å². The molecule has 0 amide bonds. The molecule has 0 aliphatic carbocycles. The van der Waals surface area contributed by atoms with Crippen LogP contribution in [0.25, 0.3) is 0 Å². The molecule has 4 heteroatoms. The molecule has 1 saturated heterocycles. The summed E-state index contributed by atoms with van der Waals surface area (Å²) in [7, 11) is -0.638. The van der Waals surface area contributed by atoms with Crippen molar-refractivity contribution in [3.8, 4) is 0 Å². The molecule has 0 bridgehead atoms. The average molecular weight is 207 g/mol. The zero-order chi connectivity index (χ0) is 8.81. The highest BCUT2D eigenvalue weighted by Crippen LogP contribution is 2.16. The maximum atomic E-state index is 10.8. The van der Waals surface area contributed by atoms with Crippen LogP contribution in [-0.2, 0) is 10.8 Å². The van der Waals surface area contributed by atoms with Gasteiger partial charge < -0.3 is 5.32 Å². The Hall–Kier alpha value is 0.460. The van der Waals surface area contributed by atoms with Gasteiger partial charge in [-0.05, 0) is 24.3 Å². The van der Waals surface area contributed by atoms with Crippen LogP contribution in [0.5, 0.6) is 0 Å². The van der Waals surface area contributed by atoms with Crippen LogP contribution in [0.1, 0.15) is 12.8 Å². The van der Waals surface area contributed by atoms with Crippen LogP contribution in [0.2, 0.25) is 0 Å². The van der Waals surface area contributed by atoms with E-state index < -0.39 is 10.8 Å². The van der Waals surface area contributed by atoms with Crippen LogP contribution in [-0.4, -0.2) is 40.3 Å². The molecule has 1 unspecified atom stereocenters. The van der Waals surface area contributed by atoms with E-state index in [0.717, 1.165) is 12.3 Å². The van der Waals surface area contributed by atoms with E-state index in [1.54, 1.807) is 6.26 Å². The van der Waals surface area contributed by atoms with Crippen molar-refractivity contribution in [2.24, 2.45) is 0 Å². The van der Waals surface area contributed by atoms with Crippen LogP contribution in [0.4, 0.5) is 0 Å². The molecule has 1 fully saturated rings. The molecule has 0 spiro atoms. The molecule has 72 valence electrons. The molecule has 12 heavy (non-hydrogen) atoms. The van der Waals surface area contributed by atoms with E-state index in [0.29, 0.717) is 6.04 Å². The average Bonchev–Trinajstić information content (AvgIpc) is 2.05. The third kappa shape index (κ3) is 4.48. The van der Waals surface area contributed by atoms with Crippen molar-refractivity contribution in [3.05, 3.63) is 0 Å². The second kappa shape index (κ2) is 6.00. The van der Waals surface area contributed by atoms with E-state index in [1.807, 2.05) is 11.8 Å². The van der Waals surface area contributed by atoms with Crippen molar-refractivity contribution in [3.63, 3.8) is 0 Å². The molecule has 1 atom stereocenters. The molecule has 1 aliphatic rings. The predicted octanol–water partition coefficient (Wildman–Crippen LogP) is 0.850. The lowest BCUT2D eigenvalue weighted by Crippen LogP contribution is -2.34. The minimum Gasteiger partial charge on any atom is -0.313 e. The van der Waals surface area contributed by atoms with E-state index in [9.17, 15) is 4.21 Å². The van der Waals surface area contributed by atoms with Gasteiger partial charge in [0.05, 0.1) is 0 Å². The van der Waals surface area contributed by atoms with Gasteiger partial charge in [-0.25, -0.2) is 0 Å². The van der Waals surface area contributed by atoms with Crippen LogP contribution < -0.4 is 5.32 Å². The van der Waals surface area contributed by atoms with Crippen molar-refractivity contribution < 1.29 is 4.21 Å². The standard InChI is InChI=1S/C8H17NOS2/c1-12(10)7-4-9-8-2-5-11-6-3-8/h8-9H,2-7H2,1H3. The molecule has 2 nitrogen and oxygen atoms in total. The van der Waals surface area contributed by atoms with E-state index in [1.165, 1.54) is 24.3 Å². The van der Waals surface area contributed by atoms with Gasteiger partial charge in [0.25, 0.3) is 0 Å². The second-order valence-electron chi connectivity index (χ2n) is 3.12. The van der Waals surface area contributed by atoms with Gasteiger partial charge in [-0.15, -0.1) is 0 Å².